The lowest BCUT2D eigenvalue weighted by atomic mass is 10.1. The minimum Gasteiger partial charge on any atom is -0.478 e. The molecule has 1 fully saturated rings. The molecule has 18 heavy (non-hydrogen) atoms. The van der Waals surface area contributed by atoms with E-state index in [1.54, 1.807) is 24.1 Å². The van der Waals surface area contributed by atoms with E-state index in [4.69, 9.17) is 9.84 Å². The highest BCUT2D eigenvalue weighted by atomic mass is 16.5. The zero-order valence-corrected chi connectivity index (χ0v) is 10.1. The standard InChI is InChI=1S/C13H15NO4/c1-14(11-5-6-18-8-11)12(15)9-3-2-4-10(7-9)13(16)17/h2-4,7,11H,5-6,8H2,1H3,(H,16,17). The van der Waals surface area contributed by atoms with E-state index in [2.05, 4.69) is 0 Å². The van der Waals surface area contributed by atoms with Gasteiger partial charge in [-0.25, -0.2) is 4.79 Å². The summed E-state index contributed by atoms with van der Waals surface area (Å²) in [4.78, 5) is 24.7. The number of carbonyl (C=O) groups is 2. The molecule has 1 heterocycles. The van der Waals surface area contributed by atoms with Crippen molar-refractivity contribution in [2.45, 2.75) is 12.5 Å². The molecule has 0 spiro atoms. The molecule has 1 aliphatic rings. The second kappa shape index (κ2) is 5.18. The third kappa shape index (κ3) is 2.51. The molecule has 0 radical (unpaired) electrons. The van der Waals surface area contributed by atoms with Gasteiger partial charge in [0.25, 0.3) is 5.91 Å². The topological polar surface area (TPSA) is 66.8 Å². The van der Waals surface area contributed by atoms with Crippen molar-refractivity contribution < 1.29 is 19.4 Å². The average molecular weight is 249 g/mol. The van der Waals surface area contributed by atoms with Crippen LogP contribution in [0.15, 0.2) is 24.3 Å². The second-order valence-corrected chi connectivity index (χ2v) is 4.32. The number of amides is 1. The molecule has 2 rings (SSSR count). The van der Waals surface area contributed by atoms with E-state index >= 15 is 0 Å². The molecule has 1 saturated heterocycles. The number of likely N-dealkylation sites (N-methyl/N-ethyl adjacent to an activating group) is 1. The molecule has 0 aliphatic carbocycles. The van der Waals surface area contributed by atoms with Crippen LogP contribution in [-0.4, -0.2) is 48.2 Å². The molecule has 96 valence electrons. The van der Waals surface area contributed by atoms with Crippen LogP contribution in [0.2, 0.25) is 0 Å². The van der Waals surface area contributed by atoms with E-state index in [1.165, 1.54) is 12.1 Å². The molecule has 1 aromatic carbocycles. The smallest absolute Gasteiger partial charge is 0.335 e. The van der Waals surface area contributed by atoms with Crippen molar-refractivity contribution in [3.8, 4) is 0 Å². The van der Waals surface area contributed by atoms with Crippen molar-refractivity contribution in [3.63, 3.8) is 0 Å². The Morgan fingerprint density at radius 1 is 1.39 bits per heavy atom. The van der Waals surface area contributed by atoms with E-state index < -0.39 is 5.97 Å². The first-order valence-electron chi connectivity index (χ1n) is 5.78. The van der Waals surface area contributed by atoms with Crippen molar-refractivity contribution in [3.05, 3.63) is 35.4 Å². The summed E-state index contributed by atoms with van der Waals surface area (Å²) >= 11 is 0. The van der Waals surface area contributed by atoms with Crippen LogP contribution in [0.1, 0.15) is 27.1 Å². The summed E-state index contributed by atoms with van der Waals surface area (Å²) in [5.74, 6) is -1.20. The molecule has 5 heteroatoms. The van der Waals surface area contributed by atoms with Gasteiger partial charge in [-0.15, -0.1) is 0 Å². The summed E-state index contributed by atoms with van der Waals surface area (Å²) in [5, 5.41) is 8.90. The number of hydrogen-bond donors (Lipinski definition) is 1. The summed E-state index contributed by atoms with van der Waals surface area (Å²) in [6, 6.07) is 6.15. The predicted octanol–water partition coefficient (Wildman–Crippen LogP) is 1.25. The molecule has 1 unspecified atom stereocenters. The molecule has 1 atom stereocenters. The van der Waals surface area contributed by atoms with E-state index in [1.807, 2.05) is 0 Å². The Balaban J connectivity index is 2.17. The summed E-state index contributed by atoms with van der Waals surface area (Å²) in [7, 11) is 1.72. The van der Waals surface area contributed by atoms with Crippen molar-refractivity contribution in [1.29, 1.82) is 0 Å². The molecule has 0 bridgehead atoms. The Labute approximate surface area is 105 Å². The lowest BCUT2D eigenvalue weighted by Gasteiger charge is -2.23. The fourth-order valence-electron chi connectivity index (χ4n) is 1.98. The van der Waals surface area contributed by atoms with Gasteiger partial charge in [-0.2, -0.15) is 0 Å². The maximum absolute atomic E-state index is 12.2. The van der Waals surface area contributed by atoms with Gasteiger partial charge in [-0.05, 0) is 24.6 Å². The van der Waals surface area contributed by atoms with Crippen LogP contribution in [0.25, 0.3) is 0 Å². The highest BCUT2D eigenvalue weighted by molar-refractivity contribution is 5.97. The zero-order valence-electron chi connectivity index (χ0n) is 10.1. The second-order valence-electron chi connectivity index (χ2n) is 4.32. The van der Waals surface area contributed by atoms with E-state index in [0.29, 0.717) is 18.8 Å². The first-order chi connectivity index (χ1) is 8.59. The van der Waals surface area contributed by atoms with E-state index in [0.717, 1.165) is 6.42 Å². The molecule has 1 aromatic rings. The number of benzene rings is 1. The Hall–Kier alpha value is -1.88. The van der Waals surface area contributed by atoms with Crippen LogP contribution in [0, 0.1) is 0 Å². The fourth-order valence-corrected chi connectivity index (χ4v) is 1.98. The van der Waals surface area contributed by atoms with E-state index in [-0.39, 0.29) is 17.5 Å². The van der Waals surface area contributed by atoms with Gasteiger partial charge in [0.1, 0.15) is 0 Å². The normalized spacial score (nSPS) is 18.6. The van der Waals surface area contributed by atoms with E-state index in [9.17, 15) is 9.59 Å². The Bertz CT molecular complexity index is 466. The molecular formula is C13H15NO4. The Morgan fingerprint density at radius 3 is 2.72 bits per heavy atom. The lowest BCUT2D eigenvalue weighted by Crippen LogP contribution is -2.37. The average Bonchev–Trinajstić information content (AvgIpc) is 2.91. The Morgan fingerprint density at radius 2 is 2.11 bits per heavy atom. The number of carboxylic acids is 1. The Kier molecular flexibility index (Phi) is 3.62. The van der Waals surface area contributed by atoms with Crippen LogP contribution >= 0.6 is 0 Å². The predicted molar refractivity (Wildman–Crippen MR) is 64.7 cm³/mol. The number of ether oxygens (including phenoxy) is 1. The van der Waals surface area contributed by atoms with Gasteiger partial charge in [0.15, 0.2) is 0 Å². The molecule has 1 aliphatic heterocycles. The quantitative estimate of drug-likeness (QED) is 0.875. The highest BCUT2D eigenvalue weighted by Crippen LogP contribution is 2.15. The van der Waals surface area contributed by atoms with Crippen LogP contribution in [0.4, 0.5) is 0 Å². The molecule has 0 saturated carbocycles. The summed E-state index contributed by atoms with van der Waals surface area (Å²) in [6.45, 7) is 1.21. The molecule has 1 N–H and O–H groups in total. The third-order valence-corrected chi connectivity index (χ3v) is 3.13. The van der Waals surface area contributed by atoms with Gasteiger partial charge in [0, 0.05) is 19.2 Å². The number of rotatable bonds is 3. The lowest BCUT2D eigenvalue weighted by molar-refractivity contribution is 0.0697. The largest absolute Gasteiger partial charge is 0.478 e. The van der Waals surface area contributed by atoms with Crippen molar-refractivity contribution in [2.75, 3.05) is 20.3 Å². The number of carboxylic acid groups (broad SMARTS) is 1. The molecule has 1 amide bonds. The number of carbonyl (C=O) groups excluding carboxylic acids is 1. The van der Waals surface area contributed by atoms with Gasteiger partial charge in [-0.1, -0.05) is 6.07 Å². The minimum atomic E-state index is -1.03. The number of nitrogens with zero attached hydrogens (tertiary/aromatic N) is 1. The summed E-state index contributed by atoms with van der Waals surface area (Å²) in [5.41, 5.74) is 0.515. The van der Waals surface area contributed by atoms with Gasteiger partial charge in [0.2, 0.25) is 0 Å². The minimum absolute atomic E-state index is 0.0750. The number of aromatic carboxylic acids is 1. The van der Waals surface area contributed by atoms with Gasteiger partial charge >= 0.3 is 5.97 Å². The molecule has 0 aromatic heterocycles. The van der Waals surface area contributed by atoms with Crippen LogP contribution < -0.4 is 0 Å². The SMILES string of the molecule is CN(C(=O)c1cccc(C(=O)O)c1)C1CCOC1. The first kappa shape index (κ1) is 12.6. The monoisotopic (exact) mass is 249 g/mol. The van der Waals surface area contributed by atoms with Crippen LogP contribution in [0.3, 0.4) is 0 Å². The number of hydrogen-bond acceptors (Lipinski definition) is 3. The summed E-state index contributed by atoms with van der Waals surface area (Å²) in [6.07, 6.45) is 0.820. The highest BCUT2D eigenvalue weighted by Gasteiger charge is 2.25. The maximum Gasteiger partial charge on any atom is 0.335 e. The van der Waals surface area contributed by atoms with Crippen molar-refractivity contribution in [1.82, 2.24) is 4.90 Å². The summed E-state index contributed by atoms with van der Waals surface area (Å²) < 4.78 is 5.24. The van der Waals surface area contributed by atoms with Gasteiger partial charge < -0.3 is 14.7 Å². The van der Waals surface area contributed by atoms with Crippen molar-refractivity contribution >= 4 is 11.9 Å². The fraction of sp³-hybridized carbons (Fsp3) is 0.385. The van der Waals surface area contributed by atoms with Crippen LogP contribution in [-0.2, 0) is 4.74 Å². The zero-order chi connectivity index (χ0) is 13.1. The van der Waals surface area contributed by atoms with Crippen LogP contribution in [0.5, 0.6) is 0 Å². The molecular weight excluding hydrogens is 234 g/mol. The molecule has 5 nitrogen and oxygen atoms in total. The third-order valence-electron chi connectivity index (χ3n) is 3.13. The van der Waals surface area contributed by atoms with Gasteiger partial charge in [-0.3, -0.25) is 4.79 Å². The first-order valence-corrected chi connectivity index (χ1v) is 5.78. The van der Waals surface area contributed by atoms with Gasteiger partial charge in [0.05, 0.1) is 18.2 Å². The maximum atomic E-state index is 12.2. The van der Waals surface area contributed by atoms with Crippen molar-refractivity contribution in [2.24, 2.45) is 0 Å².